The van der Waals surface area contributed by atoms with E-state index in [4.69, 9.17) is 11.6 Å². The van der Waals surface area contributed by atoms with E-state index in [2.05, 4.69) is 19.7 Å². The van der Waals surface area contributed by atoms with Crippen LogP contribution in [0.3, 0.4) is 0 Å². The fourth-order valence-corrected chi connectivity index (χ4v) is 2.81. The maximum atomic E-state index is 11.3. The molecule has 3 aromatic rings. The van der Waals surface area contributed by atoms with E-state index < -0.39 is 10.0 Å². The van der Waals surface area contributed by atoms with Crippen molar-refractivity contribution in [3.63, 3.8) is 0 Å². The molecule has 3 aromatic heterocycles. The van der Waals surface area contributed by atoms with E-state index in [9.17, 15) is 8.42 Å². The molecule has 0 aromatic carbocycles. The SMILES string of the molecule is Cc1cc2cnc(Cl)nc2n1-c1cccc(NS(C)(=O)=O)n1. The summed E-state index contributed by atoms with van der Waals surface area (Å²) in [5.74, 6) is 0.775. The molecule has 0 fully saturated rings. The van der Waals surface area contributed by atoms with Crippen molar-refractivity contribution in [3.8, 4) is 5.82 Å². The summed E-state index contributed by atoms with van der Waals surface area (Å²) in [7, 11) is -3.39. The summed E-state index contributed by atoms with van der Waals surface area (Å²) in [5, 5.41) is 0.961. The Kier molecular flexibility index (Phi) is 3.50. The Morgan fingerprint density at radius 3 is 2.77 bits per heavy atom. The molecule has 9 heteroatoms. The fourth-order valence-electron chi connectivity index (χ4n) is 2.18. The predicted molar refractivity (Wildman–Crippen MR) is 84.9 cm³/mol. The number of fused-ring (bicyclic) bond motifs is 1. The number of halogens is 1. The minimum atomic E-state index is -3.39. The first-order chi connectivity index (χ1) is 10.3. The molecule has 0 atom stereocenters. The molecule has 0 aliphatic carbocycles. The first-order valence-corrected chi connectivity index (χ1v) is 8.56. The largest absolute Gasteiger partial charge is 0.282 e. The molecule has 7 nitrogen and oxygen atoms in total. The summed E-state index contributed by atoms with van der Waals surface area (Å²) >= 11 is 5.86. The van der Waals surface area contributed by atoms with Crippen molar-refractivity contribution >= 4 is 38.5 Å². The van der Waals surface area contributed by atoms with E-state index >= 15 is 0 Å². The summed E-state index contributed by atoms with van der Waals surface area (Å²) in [6.45, 7) is 1.90. The highest BCUT2D eigenvalue weighted by Gasteiger charge is 2.12. The highest BCUT2D eigenvalue weighted by atomic mass is 35.5. The van der Waals surface area contributed by atoms with Crippen LogP contribution < -0.4 is 4.72 Å². The van der Waals surface area contributed by atoms with Gasteiger partial charge in [-0.2, -0.15) is 4.98 Å². The number of anilines is 1. The first-order valence-electron chi connectivity index (χ1n) is 6.29. The monoisotopic (exact) mass is 337 g/mol. The molecule has 0 unspecified atom stereocenters. The number of rotatable bonds is 3. The summed E-state index contributed by atoms with van der Waals surface area (Å²) < 4.78 is 26.8. The van der Waals surface area contributed by atoms with Gasteiger partial charge in [-0.15, -0.1) is 0 Å². The van der Waals surface area contributed by atoms with E-state index in [1.807, 2.05) is 13.0 Å². The third-order valence-corrected chi connectivity index (χ3v) is 3.71. The van der Waals surface area contributed by atoms with Crippen molar-refractivity contribution < 1.29 is 8.42 Å². The second-order valence-corrected chi connectivity index (χ2v) is 6.88. The fraction of sp³-hybridized carbons (Fsp3) is 0.154. The van der Waals surface area contributed by atoms with Gasteiger partial charge in [0.25, 0.3) is 0 Å². The lowest BCUT2D eigenvalue weighted by molar-refractivity contribution is 0.606. The molecular formula is C13H12ClN5O2S. The first kappa shape index (κ1) is 14.7. The van der Waals surface area contributed by atoms with Crippen LogP contribution in [0.5, 0.6) is 0 Å². The van der Waals surface area contributed by atoms with Crippen LogP contribution >= 0.6 is 11.6 Å². The summed E-state index contributed by atoms with van der Waals surface area (Å²) in [6, 6.07) is 6.96. The van der Waals surface area contributed by atoms with Gasteiger partial charge in [-0.05, 0) is 36.7 Å². The average molecular weight is 338 g/mol. The van der Waals surface area contributed by atoms with Crippen LogP contribution in [0, 0.1) is 6.92 Å². The van der Waals surface area contributed by atoms with E-state index in [1.54, 1.807) is 29.0 Å². The second-order valence-electron chi connectivity index (χ2n) is 4.79. The third kappa shape index (κ3) is 2.88. The molecular weight excluding hydrogens is 326 g/mol. The van der Waals surface area contributed by atoms with Gasteiger partial charge in [0, 0.05) is 17.3 Å². The van der Waals surface area contributed by atoms with Gasteiger partial charge in [-0.3, -0.25) is 9.29 Å². The topological polar surface area (TPSA) is 89.8 Å². The zero-order chi connectivity index (χ0) is 15.9. The van der Waals surface area contributed by atoms with E-state index in [-0.39, 0.29) is 11.1 Å². The Labute approximate surface area is 132 Å². The summed E-state index contributed by atoms with van der Waals surface area (Å²) in [5.41, 5.74) is 1.50. The number of hydrogen-bond donors (Lipinski definition) is 1. The Bertz CT molecular complexity index is 968. The Morgan fingerprint density at radius 1 is 1.27 bits per heavy atom. The van der Waals surface area contributed by atoms with Crippen LogP contribution in [0.25, 0.3) is 16.9 Å². The van der Waals surface area contributed by atoms with Crippen molar-refractivity contribution in [2.75, 3.05) is 11.0 Å². The van der Waals surface area contributed by atoms with Gasteiger partial charge in [0.15, 0.2) is 5.65 Å². The van der Waals surface area contributed by atoms with Crippen LogP contribution in [-0.2, 0) is 10.0 Å². The van der Waals surface area contributed by atoms with E-state index in [0.717, 1.165) is 17.3 Å². The standard InChI is InChI=1S/C13H12ClN5O2S/c1-8-6-9-7-15-13(14)17-12(9)19(8)11-5-3-4-10(16-11)18-22(2,20)21/h3-7H,1-2H3,(H,16,18). The zero-order valence-electron chi connectivity index (χ0n) is 11.8. The van der Waals surface area contributed by atoms with Crippen LogP contribution in [0.4, 0.5) is 5.82 Å². The molecule has 3 rings (SSSR count). The van der Waals surface area contributed by atoms with Crippen molar-refractivity contribution in [2.24, 2.45) is 0 Å². The number of hydrogen-bond acceptors (Lipinski definition) is 5. The molecule has 3 heterocycles. The lowest BCUT2D eigenvalue weighted by atomic mass is 10.4. The second kappa shape index (κ2) is 5.22. The van der Waals surface area contributed by atoms with E-state index in [1.165, 1.54) is 0 Å². The number of pyridine rings is 1. The molecule has 0 amide bonds. The quantitative estimate of drug-likeness (QED) is 0.739. The van der Waals surface area contributed by atoms with Crippen LogP contribution in [0.1, 0.15) is 5.69 Å². The minimum Gasteiger partial charge on any atom is -0.282 e. The van der Waals surface area contributed by atoms with Gasteiger partial charge in [0.2, 0.25) is 15.3 Å². The van der Waals surface area contributed by atoms with Crippen LogP contribution in [0.2, 0.25) is 5.28 Å². The highest BCUT2D eigenvalue weighted by molar-refractivity contribution is 7.92. The van der Waals surface area contributed by atoms with Gasteiger partial charge in [0.1, 0.15) is 11.6 Å². The predicted octanol–water partition coefficient (Wildman–Crippen LogP) is 2.15. The van der Waals surface area contributed by atoms with Gasteiger partial charge in [-0.25, -0.2) is 18.4 Å². The number of nitrogens with one attached hydrogen (secondary N) is 1. The van der Waals surface area contributed by atoms with E-state index in [0.29, 0.717) is 11.5 Å². The summed E-state index contributed by atoms with van der Waals surface area (Å²) in [6.07, 6.45) is 2.71. The molecule has 0 saturated heterocycles. The molecule has 22 heavy (non-hydrogen) atoms. The van der Waals surface area contributed by atoms with Crippen LogP contribution in [0.15, 0.2) is 30.5 Å². The number of aryl methyl sites for hydroxylation is 1. The molecule has 1 N–H and O–H groups in total. The molecule has 0 aliphatic heterocycles. The van der Waals surface area contributed by atoms with Gasteiger partial charge >= 0.3 is 0 Å². The Morgan fingerprint density at radius 2 is 2.05 bits per heavy atom. The zero-order valence-corrected chi connectivity index (χ0v) is 13.4. The van der Waals surface area contributed by atoms with Crippen LogP contribution in [-0.4, -0.2) is 34.2 Å². The minimum absolute atomic E-state index is 0.136. The Balaban J connectivity index is 2.17. The number of sulfonamides is 1. The van der Waals surface area contributed by atoms with Gasteiger partial charge < -0.3 is 0 Å². The highest BCUT2D eigenvalue weighted by Crippen LogP contribution is 2.22. The molecule has 0 spiro atoms. The normalized spacial score (nSPS) is 11.8. The maximum absolute atomic E-state index is 11.3. The Hall–Kier alpha value is -2.19. The number of nitrogens with zero attached hydrogens (tertiary/aromatic N) is 4. The van der Waals surface area contributed by atoms with Crippen molar-refractivity contribution in [2.45, 2.75) is 6.92 Å². The van der Waals surface area contributed by atoms with Gasteiger partial charge in [-0.1, -0.05) is 6.07 Å². The lowest BCUT2D eigenvalue weighted by Gasteiger charge is -2.09. The van der Waals surface area contributed by atoms with Crippen molar-refractivity contribution in [1.29, 1.82) is 0 Å². The van der Waals surface area contributed by atoms with Crippen molar-refractivity contribution in [3.05, 3.63) is 41.4 Å². The molecule has 114 valence electrons. The van der Waals surface area contributed by atoms with Crippen molar-refractivity contribution in [1.82, 2.24) is 19.5 Å². The summed E-state index contributed by atoms with van der Waals surface area (Å²) in [4.78, 5) is 12.5. The number of aromatic nitrogens is 4. The molecule has 0 saturated carbocycles. The molecule has 0 aliphatic rings. The lowest BCUT2D eigenvalue weighted by Crippen LogP contribution is -2.12. The molecule has 0 bridgehead atoms. The average Bonchev–Trinajstić information content (AvgIpc) is 2.72. The smallest absolute Gasteiger partial charge is 0.230 e. The van der Waals surface area contributed by atoms with Gasteiger partial charge in [0.05, 0.1) is 6.26 Å². The third-order valence-electron chi connectivity index (χ3n) is 2.95. The maximum Gasteiger partial charge on any atom is 0.230 e. The molecule has 0 radical (unpaired) electrons.